The standard InChI is InChI=1S/C22H28F2N4O3S/c23-19-4-1-3-17(13-19)16-6-8-20(9-7-16)31-15-18-14-28(22-5-2-11-25-26-22)12-10-21(18)27-32(24,29)30/h1-5,11,13,16,18,20-21,27H,6-10,12,14-15H2/t16?,18?,20?,21-/m0/s1. The van der Waals surface area contributed by atoms with Gasteiger partial charge in [-0.2, -0.15) is 18.2 Å². The molecule has 4 rings (SSSR count). The lowest BCUT2D eigenvalue weighted by Crippen LogP contribution is -2.52. The van der Waals surface area contributed by atoms with Gasteiger partial charge in [-0.3, -0.25) is 0 Å². The van der Waals surface area contributed by atoms with Crippen LogP contribution in [0.2, 0.25) is 0 Å². The number of piperidine rings is 1. The molecule has 1 N–H and O–H groups in total. The summed E-state index contributed by atoms with van der Waals surface area (Å²) >= 11 is 0. The average Bonchev–Trinajstić information content (AvgIpc) is 2.78. The molecular weight excluding hydrogens is 438 g/mol. The first kappa shape index (κ1) is 23.0. The van der Waals surface area contributed by atoms with Crippen LogP contribution in [0.4, 0.5) is 14.1 Å². The van der Waals surface area contributed by atoms with E-state index in [1.807, 2.05) is 17.0 Å². The Hall–Kier alpha value is -2.17. The Labute approximate surface area is 187 Å². The molecule has 2 aromatic rings. The third-order valence-corrected chi connectivity index (χ3v) is 7.03. The largest absolute Gasteiger partial charge is 0.378 e. The topological polar surface area (TPSA) is 84.4 Å². The number of anilines is 1. The highest BCUT2D eigenvalue weighted by atomic mass is 32.3. The monoisotopic (exact) mass is 466 g/mol. The van der Waals surface area contributed by atoms with Crippen LogP contribution in [0.15, 0.2) is 42.6 Å². The van der Waals surface area contributed by atoms with Gasteiger partial charge in [0.05, 0.1) is 12.7 Å². The van der Waals surface area contributed by atoms with Crippen molar-refractivity contribution >= 4 is 16.2 Å². The van der Waals surface area contributed by atoms with E-state index in [4.69, 9.17) is 4.74 Å². The summed E-state index contributed by atoms with van der Waals surface area (Å²) in [5.74, 6) is 0.581. The number of ether oxygens (including phenoxy) is 1. The summed E-state index contributed by atoms with van der Waals surface area (Å²) in [7, 11) is -4.81. The molecule has 10 heteroatoms. The lowest BCUT2D eigenvalue weighted by molar-refractivity contribution is -0.00224. The van der Waals surface area contributed by atoms with Gasteiger partial charge in [-0.25, -0.2) is 4.39 Å². The SMILES string of the molecule is O=S(=O)(F)N[C@H]1CCN(c2cccnn2)CC1COC1CCC(c2cccc(F)c2)CC1. The summed E-state index contributed by atoms with van der Waals surface area (Å²) < 4.78 is 57.6. The van der Waals surface area contributed by atoms with Gasteiger partial charge in [-0.05, 0) is 67.9 Å². The molecule has 2 fully saturated rings. The zero-order chi connectivity index (χ0) is 22.6. The third-order valence-electron chi connectivity index (χ3n) is 6.45. The van der Waals surface area contributed by atoms with Crippen LogP contribution in [0.3, 0.4) is 0 Å². The summed E-state index contributed by atoms with van der Waals surface area (Å²) in [4.78, 5) is 2.02. The molecule has 2 aliphatic rings. The van der Waals surface area contributed by atoms with Crippen molar-refractivity contribution in [3.05, 3.63) is 54.0 Å². The van der Waals surface area contributed by atoms with E-state index < -0.39 is 16.5 Å². The maximum Gasteiger partial charge on any atom is 0.372 e. The highest BCUT2D eigenvalue weighted by Gasteiger charge is 2.34. The highest BCUT2D eigenvalue weighted by Crippen LogP contribution is 2.34. The number of nitrogens with one attached hydrogen (secondary N) is 1. The fourth-order valence-electron chi connectivity index (χ4n) is 4.79. The van der Waals surface area contributed by atoms with Crippen molar-refractivity contribution in [3.63, 3.8) is 0 Å². The molecule has 0 amide bonds. The van der Waals surface area contributed by atoms with Crippen LogP contribution < -0.4 is 9.62 Å². The Balaban J connectivity index is 1.34. The van der Waals surface area contributed by atoms with Crippen molar-refractivity contribution in [1.29, 1.82) is 0 Å². The van der Waals surface area contributed by atoms with Crippen LogP contribution in [0.5, 0.6) is 0 Å². The van der Waals surface area contributed by atoms with Crippen molar-refractivity contribution in [3.8, 4) is 0 Å². The van der Waals surface area contributed by atoms with Crippen LogP contribution in [0.1, 0.15) is 43.6 Å². The normalized spacial score (nSPS) is 26.8. The lowest BCUT2D eigenvalue weighted by atomic mass is 9.82. The maximum atomic E-state index is 13.5. The molecule has 32 heavy (non-hydrogen) atoms. The van der Waals surface area contributed by atoms with E-state index in [-0.39, 0.29) is 17.8 Å². The Kier molecular flexibility index (Phi) is 7.32. The number of halogens is 2. The van der Waals surface area contributed by atoms with Gasteiger partial charge in [0, 0.05) is 31.2 Å². The summed E-state index contributed by atoms with van der Waals surface area (Å²) in [6, 6.07) is 9.86. The molecule has 2 heterocycles. The summed E-state index contributed by atoms with van der Waals surface area (Å²) in [5, 5.41) is 8.03. The van der Waals surface area contributed by atoms with E-state index in [0.717, 1.165) is 31.2 Å². The molecular formula is C22H28F2N4O3S. The van der Waals surface area contributed by atoms with Crippen LogP contribution in [-0.4, -0.2) is 50.5 Å². The van der Waals surface area contributed by atoms with Crippen molar-refractivity contribution in [1.82, 2.24) is 14.9 Å². The molecule has 1 unspecified atom stereocenters. The van der Waals surface area contributed by atoms with Crippen molar-refractivity contribution < 1.29 is 21.4 Å². The molecule has 0 spiro atoms. The molecule has 0 radical (unpaired) electrons. The Bertz CT molecular complexity index is 988. The molecule has 1 aliphatic carbocycles. The van der Waals surface area contributed by atoms with Gasteiger partial charge < -0.3 is 9.64 Å². The van der Waals surface area contributed by atoms with E-state index in [9.17, 15) is 16.7 Å². The minimum Gasteiger partial charge on any atom is -0.378 e. The summed E-state index contributed by atoms with van der Waals surface area (Å²) in [6.07, 6.45) is 5.60. The molecule has 0 bridgehead atoms. The Morgan fingerprint density at radius 3 is 2.62 bits per heavy atom. The molecule has 1 aliphatic heterocycles. The van der Waals surface area contributed by atoms with Crippen LogP contribution in [0, 0.1) is 11.7 Å². The summed E-state index contributed by atoms with van der Waals surface area (Å²) in [6.45, 7) is 1.35. The van der Waals surface area contributed by atoms with E-state index in [2.05, 4.69) is 14.9 Å². The molecule has 174 valence electrons. The molecule has 1 saturated heterocycles. The average molecular weight is 467 g/mol. The van der Waals surface area contributed by atoms with Gasteiger partial charge in [0.1, 0.15) is 5.82 Å². The second kappa shape index (κ2) is 10.2. The highest BCUT2D eigenvalue weighted by molar-refractivity contribution is 7.84. The van der Waals surface area contributed by atoms with Gasteiger partial charge in [0.15, 0.2) is 5.82 Å². The molecule has 1 aromatic carbocycles. The smallest absolute Gasteiger partial charge is 0.372 e. The Morgan fingerprint density at radius 2 is 1.94 bits per heavy atom. The zero-order valence-corrected chi connectivity index (χ0v) is 18.6. The quantitative estimate of drug-likeness (QED) is 0.630. The van der Waals surface area contributed by atoms with Crippen molar-refractivity contribution in [2.75, 3.05) is 24.6 Å². The van der Waals surface area contributed by atoms with Gasteiger partial charge in [-0.15, -0.1) is 5.10 Å². The third kappa shape index (κ3) is 6.20. The predicted octanol–water partition coefficient (Wildman–Crippen LogP) is 3.36. The molecule has 7 nitrogen and oxygen atoms in total. The van der Waals surface area contributed by atoms with Crippen LogP contribution in [0.25, 0.3) is 0 Å². The fraction of sp³-hybridized carbons (Fsp3) is 0.545. The molecule has 1 aromatic heterocycles. The van der Waals surface area contributed by atoms with E-state index >= 15 is 0 Å². The van der Waals surface area contributed by atoms with Gasteiger partial charge in [0.2, 0.25) is 0 Å². The molecule has 1 saturated carbocycles. The second-order valence-corrected chi connectivity index (χ2v) is 9.71. The maximum absolute atomic E-state index is 13.5. The number of aromatic nitrogens is 2. The first-order valence-corrected chi connectivity index (χ1v) is 12.4. The number of rotatable bonds is 7. The fourth-order valence-corrected chi connectivity index (χ4v) is 5.46. The Morgan fingerprint density at radius 1 is 1.12 bits per heavy atom. The van der Waals surface area contributed by atoms with E-state index in [1.54, 1.807) is 24.4 Å². The summed E-state index contributed by atoms with van der Waals surface area (Å²) in [5.41, 5.74) is 1.02. The zero-order valence-electron chi connectivity index (χ0n) is 17.7. The number of hydrogen-bond donors (Lipinski definition) is 1. The van der Waals surface area contributed by atoms with Crippen molar-refractivity contribution in [2.45, 2.75) is 50.2 Å². The first-order chi connectivity index (χ1) is 15.4. The first-order valence-electron chi connectivity index (χ1n) is 11.0. The second-order valence-electron chi connectivity index (χ2n) is 8.60. The van der Waals surface area contributed by atoms with E-state index in [1.165, 1.54) is 6.07 Å². The number of hydrogen-bond acceptors (Lipinski definition) is 6. The predicted molar refractivity (Wildman–Crippen MR) is 117 cm³/mol. The molecule has 2 atom stereocenters. The minimum atomic E-state index is -4.81. The van der Waals surface area contributed by atoms with Crippen molar-refractivity contribution in [2.24, 2.45) is 5.92 Å². The van der Waals surface area contributed by atoms with Crippen LogP contribution >= 0.6 is 0 Å². The minimum absolute atomic E-state index is 0.0503. The number of benzene rings is 1. The van der Waals surface area contributed by atoms with Gasteiger partial charge >= 0.3 is 10.4 Å². The van der Waals surface area contributed by atoms with E-state index in [0.29, 0.717) is 37.9 Å². The van der Waals surface area contributed by atoms with Gasteiger partial charge in [-0.1, -0.05) is 16.0 Å². The van der Waals surface area contributed by atoms with Gasteiger partial charge in [0.25, 0.3) is 0 Å². The van der Waals surface area contributed by atoms with Crippen LogP contribution in [-0.2, 0) is 15.1 Å². The lowest BCUT2D eigenvalue weighted by Gasteiger charge is -2.39. The number of nitrogens with zero attached hydrogens (tertiary/aromatic N) is 3.